The van der Waals surface area contributed by atoms with Gasteiger partial charge in [0, 0.05) is 25.1 Å². The van der Waals surface area contributed by atoms with Gasteiger partial charge in [-0.05, 0) is 36.1 Å². The van der Waals surface area contributed by atoms with Gasteiger partial charge in [0.1, 0.15) is 11.3 Å². The first-order valence-electron chi connectivity index (χ1n) is 10.5. The molecule has 1 saturated heterocycles. The van der Waals surface area contributed by atoms with Crippen molar-refractivity contribution in [1.82, 2.24) is 15.5 Å². The summed E-state index contributed by atoms with van der Waals surface area (Å²) in [6.07, 6.45) is 4.02. The maximum atomic E-state index is 12.6. The lowest BCUT2D eigenvalue weighted by molar-refractivity contribution is -0.131. The molecule has 1 spiro atoms. The maximum Gasteiger partial charge on any atom is 0.325 e. The fourth-order valence-electron chi connectivity index (χ4n) is 4.56. The van der Waals surface area contributed by atoms with E-state index in [9.17, 15) is 14.4 Å². The third-order valence-electron chi connectivity index (χ3n) is 6.17. The van der Waals surface area contributed by atoms with Crippen molar-refractivity contribution in [2.75, 3.05) is 13.7 Å². The highest BCUT2D eigenvalue weighted by Gasteiger charge is 2.52. The highest BCUT2D eigenvalue weighted by atomic mass is 16.5. The Morgan fingerprint density at radius 3 is 2.70 bits per heavy atom. The molecule has 0 radical (unpaired) electrons. The highest BCUT2D eigenvalue weighted by molar-refractivity contribution is 6.07. The van der Waals surface area contributed by atoms with Crippen LogP contribution in [-0.4, -0.2) is 41.9 Å². The van der Waals surface area contributed by atoms with E-state index < -0.39 is 5.54 Å². The highest BCUT2D eigenvalue weighted by Crippen LogP contribution is 2.35. The first-order valence-corrected chi connectivity index (χ1v) is 10.5. The average molecular weight is 409 g/mol. The minimum absolute atomic E-state index is 0.118. The molecule has 30 heavy (non-hydrogen) atoms. The summed E-state index contributed by atoms with van der Waals surface area (Å²) >= 11 is 0. The summed E-state index contributed by atoms with van der Waals surface area (Å²) in [5.41, 5.74) is 0.241. The molecule has 2 aliphatic rings. The number of hydrogen-bond donors (Lipinski definition) is 2. The van der Waals surface area contributed by atoms with Crippen LogP contribution in [0.1, 0.15) is 44.1 Å². The van der Waals surface area contributed by atoms with Gasteiger partial charge in [-0.25, -0.2) is 4.79 Å². The summed E-state index contributed by atoms with van der Waals surface area (Å²) in [5.74, 6) is 0.480. The second kappa shape index (κ2) is 8.34. The smallest absolute Gasteiger partial charge is 0.325 e. The number of rotatable bonds is 7. The molecule has 2 aromatic carbocycles. The summed E-state index contributed by atoms with van der Waals surface area (Å²) in [6.45, 7) is 0.618. The molecule has 0 bridgehead atoms. The molecule has 2 fully saturated rings. The Morgan fingerprint density at radius 1 is 1.17 bits per heavy atom. The molecule has 1 aliphatic heterocycles. The van der Waals surface area contributed by atoms with Crippen molar-refractivity contribution in [3.63, 3.8) is 0 Å². The molecule has 158 valence electrons. The molecule has 7 heteroatoms. The van der Waals surface area contributed by atoms with Crippen LogP contribution < -0.4 is 15.4 Å². The van der Waals surface area contributed by atoms with Gasteiger partial charge in [-0.1, -0.05) is 43.2 Å². The first kappa shape index (κ1) is 20.2. The number of methoxy groups -OCH3 is 1. The maximum absolute atomic E-state index is 12.6. The minimum Gasteiger partial charge on any atom is -0.496 e. The van der Waals surface area contributed by atoms with E-state index >= 15 is 0 Å². The number of carbonyl (C=O) groups excluding carboxylic acids is 3. The number of ether oxygens (including phenoxy) is 1. The molecule has 0 unspecified atom stereocenters. The fraction of sp³-hybridized carbons (Fsp3) is 0.435. The predicted octanol–water partition coefficient (Wildman–Crippen LogP) is 3.11. The summed E-state index contributed by atoms with van der Waals surface area (Å²) in [5, 5.41) is 7.93. The van der Waals surface area contributed by atoms with E-state index in [2.05, 4.69) is 10.6 Å². The van der Waals surface area contributed by atoms with Crippen molar-refractivity contribution in [3.8, 4) is 5.75 Å². The Labute approximate surface area is 175 Å². The van der Waals surface area contributed by atoms with Crippen molar-refractivity contribution in [2.24, 2.45) is 0 Å². The number of amides is 4. The van der Waals surface area contributed by atoms with E-state index in [1.54, 1.807) is 7.11 Å². The molecule has 1 heterocycles. The monoisotopic (exact) mass is 409 g/mol. The third kappa shape index (κ3) is 3.72. The van der Waals surface area contributed by atoms with Crippen molar-refractivity contribution in [2.45, 2.75) is 50.6 Å². The van der Waals surface area contributed by atoms with Gasteiger partial charge in [0.2, 0.25) is 5.91 Å². The quantitative estimate of drug-likeness (QED) is 0.688. The van der Waals surface area contributed by atoms with Crippen LogP contribution in [0.3, 0.4) is 0 Å². The number of nitrogens with zero attached hydrogens (tertiary/aromatic N) is 1. The number of carbonyl (C=O) groups is 3. The Morgan fingerprint density at radius 2 is 1.93 bits per heavy atom. The minimum atomic E-state index is -0.690. The van der Waals surface area contributed by atoms with Crippen LogP contribution in [0.5, 0.6) is 5.75 Å². The number of urea groups is 1. The van der Waals surface area contributed by atoms with Crippen LogP contribution in [0.15, 0.2) is 36.4 Å². The molecule has 4 rings (SSSR count). The second-order valence-electron chi connectivity index (χ2n) is 8.02. The number of imide groups is 1. The number of fused-ring (bicyclic) bond motifs is 1. The van der Waals surface area contributed by atoms with Crippen LogP contribution in [0, 0.1) is 0 Å². The molecule has 1 aliphatic carbocycles. The average Bonchev–Trinajstić information content (AvgIpc) is 3.32. The van der Waals surface area contributed by atoms with Crippen LogP contribution in [0.25, 0.3) is 10.8 Å². The zero-order valence-corrected chi connectivity index (χ0v) is 17.2. The molecule has 4 amide bonds. The van der Waals surface area contributed by atoms with Gasteiger partial charge in [-0.2, -0.15) is 0 Å². The van der Waals surface area contributed by atoms with Gasteiger partial charge in [0.15, 0.2) is 0 Å². The molecular weight excluding hydrogens is 382 g/mol. The van der Waals surface area contributed by atoms with Crippen LogP contribution in [0.2, 0.25) is 0 Å². The Hall–Kier alpha value is -3.09. The lowest BCUT2D eigenvalue weighted by Crippen LogP contribution is -2.44. The molecule has 2 aromatic rings. The standard InChI is InChI=1S/C23H27N3O4/c1-30-19-11-10-16-7-2-3-8-17(16)18(19)15-24-20(27)9-6-14-26-21(28)23(25-22(26)29)12-4-5-13-23/h2-3,7-8,10-11H,4-6,9,12-15H2,1H3,(H,24,27)(H,25,29). The van der Waals surface area contributed by atoms with Crippen molar-refractivity contribution < 1.29 is 19.1 Å². The Balaban J connectivity index is 1.32. The van der Waals surface area contributed by atoms with Crippen LogP contribution in [0.4, 0.5) is 4.79 Å². The van der Waals surface area contributed by atoms with E-state index in [0.717, 1.165) is 34.9 Å². The largest absolute Gasteiger partial charge is 0.496 e. The van der Waals surface area contributed by atoms with Gasteiger partial charge in [-0.15, -0.1) is 0 Å². The fourth-order valence-corrected chi connectivity index (χ4v) is 4.56. The summed E-state index contributed by atoms with van der Waals surface area (Å²) < 4.78 is 5.46. The van der Waals surface area contributed by atoms with Crippen molar-refractivity contribution >= 4 is 28.6 Å². The molecule has 1 saturated carbocycles. The Bertz CT molecular complexity index is 982. The van der Waals surface area contributed by atoms with Gasteiger partial charge in [0.25, 0.3) is 5.91 Å². The van der Waals surface area contributed by atoms with E-state index in [1.807, 2.05) is 36.4 Å². The van der Waals surface area contributed by atoms with E-state index in [0.29, 0.717) is 25.8 Å². The molecule has 0 aromatic heterocycles. The molecule has 0 atom stereocenters. The molecule has 2 N–H and O–H groups in total. The SMILES string of the molecule is COc1ccc2ccccc2c1CNC(=O)CCCN1C(=O)NC2(CCCC2)C1=O. The van der Waals surface area contributed by atoms with E-state index in [-0.39, 0.29) is 30.8 Å². The molecule has 7 nitrogen and oxygen atoms in total. The molecular formula is C23H27N3O4. The number of nitrogens with one attached hydrogen (secondary N) is 2. The predicted molar refractivity (Wildman–Crippen MR) is 113 cm³/mol. The van der Waals surface area contributed by atoms with Gasteiger partial charge in [0.05, 0.1) is 7.11 Å². The summed E-state index contributed by atoms with van der Waals surface area (Å²) in [4.78, 5) is 38.5. The van der Waals surface area contributed by atoms with Crippen LogP contribution >= 0.6 is 0 Å². The van der Waals surface area contributed by atoms with Gasteiger partial charge >= 0.3 is 6.03 Å². The second-order valence-corrected chi connectivity index (χ2v) is 8.02. The van der Waals surface area contributed by atoms with Crippen molar-refractivity contribution in [1.29, 1.82) is 0 Å². The first-order chi connectivity index (χ1) is 14.5. The normalized spacial score (nSPS) is 17.6. The summed E-state index contributed by atoms with van der Waals surface area (Å²) in [7, 11) is 1.62. The van der Waals surface area contributed by atoms with E-state index in [4.69, 9.17) is 4.74 Å². The van der Waals surface area contributed by atoms with Crippen LogP contribution in [-0.2, 0) is 16.1 Å². The number of benzene rings is 2. The number of hydrogen-bond acceptors (Lipinski definition) is 4. The van der Waals surface area contributed by atoms with E-state index in [1.165, 1.54) is 4.90 Å². The Kier molecular flexibility index (Phi) is 5.61. The zero-order valence-electron chi connectivity index (χ0n) is 17.2. The zero-order chi connectivity index (χ0) is 21.1. The van der Waals surface area contributed by atoms with Crippen molar-refractivity contribution in [3.05, 3.63) is 42.0 Å². The van der Waals surface area contributed by atoms with Gasteiger partial charge in [-0.3, -0.25) is 14.5 Å². The van der Waals surface area contributed by atoms with Gasteiger partial charge < -0.3 is 15.4 Å². The lowest BCUT2D eigenvalue weighted by Gasteiger charge is -2.20. The summed E-state index contributed by atoms with van der Waals surface area (Å²) in [6, 6.07) is 11.5. The lowest BCUT2D eigenvalue weighted by atomic mass is 9.98. The topological polar surface area (TPSA) is 87.7 Å². The third-order valence-corrected chi connectivity index (χ3v) is 6.17.